The molecule has 0 aromatic carbocycles. The van der Waals surface area contributed by atoms with Crippen LogP contribution in [0.25, 0.3) is 0 Å². The summed E-state index contributed by atoms with van der Waals surface area (Å²) < 4.78 is 0. The van der Waals surface area contributed by atoms with Crippen molar-refractivity contribution < 1.29 is 24.9 Å². The summed E-state index contributed by atoms with van der Waals surface area (Å²) in [5, 5.41) is 30.7. The Bertz CT molecular complexity index is 447. The van der Waals surface area contributed by atoms with Gasteiger partial charge < -0.3 is 20.6 Å². The minimum absolute atomic E-state index is 0.217. The first kappa shape index (κ1) is 28.2. The number of hydrogen-bond acceptors (Lipinski definition) is 5. The number of thiol groups is 1. The van der Waals surface area contributed by atoms with Gasteiger partial charge in [-0.2, -0.15) is 12.6 Å². The van der Waals surface area contributed by atoms with Crippen LogP contribution < -0.4 is 5.32 Å². The van der Waals surface area contributed by atoms with E-state index in [0.717, 1.165) is 12.8 Å². The van der Waals surface area contributed by atoms with E-state index in [-0.39, 0.29) is 12.2 Å². The van der Waals surface area contributed by atoms with Crippen LogP contribution >= 0.6 is 12.6 Å². The number of aliphatic hydroxyl groups is 2. The topological polar surface area (TPSA) is 107 Å². The van der Waals surface area contributed by atoms with Crippen LogP contribution in [-0.4, -0.2) is 44.8 Å². The Kier molecular flexibility index (Phi) is 16.5. The number of carbonyl (C=O) groups excluding carboxylic acids is 1. The van der Waals surface area contributed by atoms with E-state index in [2.05, 4.69) is 24.9 Å². The summed E-state index contributed by atoms with van der Waals surface area (Å²) in [7, 11) is 0. The molecule has 29 heavy (non-hydrogen) atoms. The van der Waals surface area contributed by atoms with Gasteiger partial charge in [0.05, 0.1) is 0 Å². The first-order chi connectivity index (χ1) is 13.8. The molecule has 2 atom stereocenters. The Balaban J connectivity index is 3.89. The van der Waals surface area contributed by atoms with Crippen molar-refractivity contribution in [1.29, 1.82) is 0 Å². The number of carboxylic acids is 1. The number of nitrogens with one attached hydrogen (secondary N) is 1. The number of aliphatic carboxylic acids is 1. The van der Waals surface area contributed by atoms with E-state index in [4.69, 9.17) is 0 Å². The first-order valence-corrected chi connectivity index (χ1v) is 12.0. The molecule has 4 N–H and O–H groups in total. The molecular formula is C22H43NO5S. The fourth-order valence-corrected chi connectivity index (χ4v) is 3.98. The second kappa shape index (κ2) is 16.9. The molecule has 0 aliphatic carbocycles. The molecule has 0 fully saturated rings. The summed E-state index contributed by atoms with van der Waals surface area (Å²) in [5.41, 5.74) is -1.79. The van der Waals surface area contributed by atoms with E-state index < -0.39 is 29.6 Å². The highest BCUT2D eigenvalue weighted by Gasteiger charge is 2.46. The number of amides is 1. The predicted octanol–water partition coefficient (Wildman–Crippen LogP) is 4.28. The van der Waals surface area contributed by atoms with Gasteiger partial charge in [0.15, 0.2) is 11.8 Å². The number of unbranched alkanes of at least 4 members (excludes halogenated alkanes) is 12. The molecule has 0 saturated carbocycles. The Morgan fingerprint density at radius 3 is 1.62 bits per heavy atom. The van der Waals surface area contributed by atoms with Gasteiger partial charge in [0, 0.05) is 18.1 Å². The van der Waals surface area contributed by atoms with E-state index in [1.54, 1.807) is 0 Å². The standard InChI is InChI=1S/C22H43NO5S/c1-3-4-5-6-7-8-9-10-11-12-13-14-15-16-19(24)23-22(17-29,21(27)28)18(2)20(25)26/h18,20,25-26,29H,3-17H2,1-2H3,(H,23,24)(H,27,28)/t18-,22+/m0/s1. The van der Waals surface area contributed by atoms with Crippen molar-refractivity contribution in [3.8, 4) is 0 Å². The molecule has 0 aromatic rings. The van der Waals surface area contributed by atoms with Crippen LogP contribution in [0.4, 0.5) is 0 Å². The number of rotatable bonds is 19. The third-order valence-corrected chi connectivity index (χ3v) is 6.22. The molecule has 0 aliphatic rings. The molecule has 6 nitrogen and oxygen atoms in total. The van der Waals surface area contributed by atoms with Crippen molar-refractivity contribution in [2.75, 3.05) is 5.75 Å². The highest BCUT2D eigenvalue weighted by molar-refractivity contribution is 7.80. The van der Waals surface area contributed by atoms with Gasteiger partial charge in [0.1, 0.15) is 0 Å². The maximum atomic E-state index is 12.2. The molecule has 0 unspecified atom stereocenters. The average molecular weight is 434 g/mol. The largest absolute Gasteiger partial charge is 0.479 e. The number of hydrogen-bond donors (Lipinski definition) is 5. The molecular weight excluding hydrogens is 390 g/mol. The van der Waals surface area contributed by atoms with Gasteiger partial charge in [0.25, 0.3) is 0 Å². The minimum atomic E-state index is -1.85. The normalized spacial score (nSPS) is 14.6. The van der Waals surface area contributed by atoms with Gasteiger partial charge >= 0.3 is 5.97 Å². The van der Waals surface area contributed by atoms with Crippen molar-refractivity contribution in [3.05, 3.63) is 0 Å². The second-order valence-electron chi connectivity index (χ2n) is 8.18. The van der Waals surface area contributed by atoms with Gasteiger partial charge in [-0.3, -0.25) is 4.79 Å². The number of carboxylic acid groups (broad SMARTS) is 1. The lowest BCUT2D eigenvalue weighted by Gasteiger charge is -2.35. The highest BCUT2D eigenvalue weighted by atomic mass is 32.1. The van der Waals surface area contributed by atoms with Gasteiger partial charge in [-0.1, -0.05) is 90.9 Å². The summed E-state index contributed by atoms with van der Waals surface area (Å²) in [6.45, 7) is 3.61. The zero-order valence-corrected chi connectivity index (χ0v) is 19.3. The summed E-state index contributed by atoms with van der Waals surface area (Å²) >= 11 is 4.02. The molecule has 0 spiro atoms. The van der Waals surface area contributed by atoms with E-state index in [1.165, 1.54) is 71.1 Å². The van der Waals surface area contributed by atoms with Gasteiger partial charge in [-0.05, 0) is 6.42 Å². The van der Waals surface area contributed by atoms with E-state index in [0.29, 0.717) is 6.42 Å². The van der Waals surface area contributed by atoms with Crippen LogP contribution in [0.2, 0.25) is 0 Å². The van der Waals surface area contributed by atoms with E-state index >= 15 is 0 Å². The van der Waals surface area contributed by atoms with E-state index in [1.807, 2.05) is 0 Å². The molecule has 172 valence electrons. The SMILES string of the molecule is CCCCCCCCCCCCCCCC(=O)N[C@@](CS)(C(=O)O)[C@@H](C)C(O)O. The van der Waals surface area contributed by atoms with Crippen LogP contribution in [0.5, 0.6) is 0 Å². The fourth-order valence-electron chi connectivity index (χ4n) is 3.48. The van der Waals surface area contributed by atoms with Crippen LogP contribution in [-0.2, 0) is 9.59 Å². The van der Waals surface area contributed by atoms with Crippen molar-refractivity contribution in [1.82, 2.24) is 5.32 Å². The maximum absolute atomic E-state index is 12.2. The average Bonchev–Trinajstić information content (AvgIpc) is 2.68. The van der Waals surface area contributed by atoms with Gasteiger partial charge in [-0.25, -0.2) is 4.79 Å². The van der Waals surface area contributed by atoms with E-state index in [9.17, 15) is 24.9 Å². The molecule has 0 heterocycles. The Morgan fingerprint density at radius 1 is 0.862 bits per heavy atom. The monoisotopic (exact) mass is 433 g/mol. The molecule has 0 saturated heterocycles. The zero-order chi connectivity index (χ0) is 22.1. The van der Waals surface area contributed by atoms with Crippen molar-refractivity contribution >= 4 is 24.5 Å². The smallest absolute Gasteiger partial charge is 0.330 e. The van der Waals surface area contributed by atoms with Crippen molar-refractivity contribution in [3.63, 3.8) is 0 Å². The number of carbonyl (C=O) groups is 2. The molecule has 0 aliphatic heterocycles. The lowest BCUT2D eigenvalue weighted by Crippen LogP contribution is -2.62. The predicted molar refractivity (Wildman–Crippen MR) is 120 cm³/mol. The molecule has 0 bridgehead atoms. The summed E-state index contributed by atoms with van der Waals surface area (Å²) in [6.07, 6.45) is 14.1. The Hall–Kier alpha value is -0.790. The Labute approximate surface area is 182 Å². The summed E-state index contributed by atoms with van der Waals surface area (Å²) in [6, 6.07) is 0. The van der Waals surface area contributed by atoms with Crippen LogP contribution in [0.1, 0.15) is 104 Å². The summed E-state index contributed by atoms with van der Waals surface area (Å²) in [4.78, 5) is 23.8. The van der Waals surface area contributed by atoms with Gasteiger partial charge in [-0.15, -0.1) is 0 Å². The first-order valence-electron chi connectivity index (χ1n) is 11.3. The second-order valence-corrected chi connectivity index (χ2v) is 8.49. The van der Waals surface area contributed by atoms with Gasteiger partial charge in [0.2, 0.25) is 5.91 Å². The molecule has 1 amide bonds. The van der Waals surface area contributed by atoms with Crippen molar-refractivity contribution in [2.45, 2.75) is 116 Å². The van der Waals surface area contributed by atoms with Crippen LogP contribution in [0.15, 0.2) is 0 Å². The quantitative estimate of drug-likeness (QED) is 0.119. The highest BCUT2D eigenvalue weighted by Crippen LogP contribution is 2.23. The third-order valence-electron chi connectivity index (χ3n) is 5.73. The van der Waals surface area contributed by atoms with Crippen LogP contribution in [0.3, 0.4) is 0 Å². The minimum Gasteiger partial charge on any atom is -0.479 e. The Morgan fingerprint density at radius 2 is 1.28 bits per heavy atom. The van der Waals surface area contributed by atoms with Crippen LogP contribution in [0, 0.1) is 5.92 Å². The lowest BCUT2D eigenvalue weighted by atomic mass is 9.85. The molecule has 0 radical (unpaired) electrons. The summed E-state index contributed by atoms with van der Waals surface area (Å²) in [5.74, 6) is -3.00. The van der Waals surface area contributed by atoms with Crippen molar-refractivity contribution in [2.24, 2.45) is 5.92 Å². The lowest BCUT2D eigenvalue weighted by molar-refractivity contribution is -0.159. The number of aliphatic hydroxyl groups excluding tert-OH is 1. The third kappa shape index (κ3) is 11.8. The molecule has 7 heteroatoms. The molecule has 0 rings (SSSR count). The zero-order valence-electron chi connectivity index (χ0n) is 18.4. The molecule has 0 aromatic heterocycles. The maximum Gasteiger partial charge on any atom is 0.330 e. The fraction of sp³-hybridized carbons (Fsp3) is 0.909.